The van der Waals surface area contributed by atoms with Crippen LogP contribution in [0.15, 0.2) is 59.4 Å². The van der Waals surface area contributed by atoms with E-state index in [1.54, 1.807) is 28.9 Å². The van der Waals surface area contributed by atoms with E-state index in [0.717, 1.165) is 29.5 Å². The Balaban J connectivity index is 1.68. The number of nitrogens with zero attached hydrogens (tertiary/aromatic N) is 2. The van der Waals surface area contributed by atoms with Crippen molar-refractivity contribution >= 4 is 23.7 Å². The summed E-state index contributed by atoms with van der Waals surface area (Å²) in [7, 11) is 0. The number of benzene rings is 2. The first kappa shape index (κ1) is 28.7. The predicted molar refractivity (Wildman–Crippen MR) is 154 cm³/mol. The molecule has 1 amide bonds. The number of aromatic nitrogens is 2. The lowest BCUT2D eigenvalue weighted by Gasteiger charge is -2.21. The number of amides is 1. The molecule has 0 radical (unpaired) electrons. The van der Waals surface area contributed by atoms with E-state index in [2.05, 4.69) is 17.2 Å². The van der Waals surface area contributed by atoms with Gasteiger partial charge in [0.1, 0.15) is 23.0 Å². The molecule has 1 aromatic heterocycles. The third-order valence-corrected chi connectivity index (χ3v) is 6.52. The molecular weight excluding hydrogens is 506 g/mol. The van der Waals surface area contributed by atoms with Crippen molar-refractivity contribution in [1.29, 1.82) is 0 Å². The van der Waals surface area contributed by atoms with Crippen molar-refractivity contribution in [3.05, 3.63) is 93.2 Å². The Bertz CT molecular complexity index is 1530. The molecule has 0 aliphatic heterocycles. The van der Waals surface area contributed by atoms with Gasteiger partial charge in [-0.1, -0.05) is 61.9 Å². The van der Waals surface area contributed by atoms with Crippen LogP contribution in [0.4, 0.5) is 0 Å². The van der Waals surface area contributed by atoms with Crippen LogP contribution in [0.25, 0.3) is 17.2 Å². The summed E-state index contributed by atoms with van der Waals surface area (Å²) >= 11 is 0. The van der Waals surface area contributed by atoms with Crippen LogP contribution in [-0.2, 0) is 22.5 Å². The number of ketones is 1. The van der Waals surface area contributed by atoms with E-state index in [0.29, 0.717) is 23.5 Å². The average Bonchev–Trinajstić information content (AvgIpc) is 2.90. The number of esters is 1. The first-order valence-corrected chi connectivity index (χ1v) is 13.5. The lowest BCUT2D eigenvalue weighted by atomic mass is 9.96. The molecule has 4 rings (SSSR count). The Morgan fingerprint density at radius 2 is 1.75 bits per heavy atom. The van der Waals surface area contributed by atoms with Gasteiger partial charge in [-0.25, -0.2) is 9.78 Å². The van der Waals surface area contributed by atoms with Crippen LogP contribution < -0.4 is 10.9 Å². The molecule has 0 saturated carbocycles. The summed E-state index contributed by atoms with van der Waals surface area (Å²) in [4.78, 5) is 55.9. The van der Waals surface area contributed by atoms with Crippen molar-refractivity contribution in [1.82, 2.24) is 14.9 Å². The van der Waals surface area contributed by atoms with Crippen molar-refractivity contribution in [2.24, 2.45) is 0 Å². The Labute approximate surface area is 234 Å². The van der Waals surface area contributed by atoms with Gasteiger partial charge in [-0.15, -0.1) is 0 Å². The molecule has 0 bridgehead atoms. The maximum absolute atomic E-state index is 13.7. The van der Waals surface area contributed by atoms with Gasteiger partial charge in [0, 0.05) is 13.3 Å². The average molecular weight is 542 g/mol. The zero-order chi connectivity index (χ0) is 29.0. The molecule has 8 heteroatoms. The lowest BCUT2D eigenvalue weighted by Crippen LogP contribution is -2.44. The molecule has 0 spiro atoms. The van der Waals surface area contributed by atoms with Crippen LogP contribution in [-0.4, -0.2) is 38.9 Å². The number of carbonyl (C=O) groups excluding carboxylic acids is 3. The molecule has 1 atom stereocenters. The fourth-order valence-corrected chi connectivity index (χ4v) is 4.64. The number of aryl methyl sites for hydroxylation is 1. The summed E-state index contributed by atoms with van der Waals surface area (Å²) in [5, 5.41) is 2.58. The monoisotopic (exact) mass is 541 g/mol. The number of fused-ring (bicyclic) bond motifs is 1. The van der Waals surface area contributed by atoms with Crippen LogP contribution in [0.3, 0.4) is 0 Å². The fraction of sp³-hybridized carbons (Fsp3) is 0.344. The Kier molecular flexibility index (Phi) is 8.47. The highest BCUT2D eigenvalue weighted by Gasteiger charge is 2.30. The normalized spacial score (nSPS) is 14.5. The van der Waals surface area contributed by atoms with Crippen molar-refractivity contribution in [2.75, 3.05) is 0 Å². The minimum absolute atomic E-state index is 0.00981. The largest absolute Gasteiger partial charge is 0.456 e. The van der Waals surface area contributed by atoms with Gasteiger partial charge < -0.3 is 10.1 Å². The second kappa shape index (κ2) is 11.8. The summed E-state index contributed by atoms with van der Waals surface area (Å²) in [6.45, 7) is 9.12. The van der Waals surface area contributed by atoms with Crippen LogP contribution in [0, 0.1) is 0 Å². The molecule has 0 fully saturated rings. The first-order chi connectivity index (χ1) is 19.0. The molecule has 1 heterocycles. The van der Waals surface area contributed by atoms with Gasteiger partial charge >= 0.3 is 5.97 Å². The van der Waals surface area contributed by atoms with Gasteiger partial charge in [-0.05, 0) is 56.0 Å². The number of rotatable bonds is 8. The molecular formula is C32H35N3O5. The summed E-state index contributed by atoms with van der Waals surface area (Å²) in [5.74, 6) is -0.598. The number of hydrogen-bond acceptors (Lipinski definition) is 6. The maximum atomic E-state index is 13.7. The zero-order valence-electron chi connectivity index (χ0n) is 23.6. The quantitative estimate of drug-likeness (QED) is 0.404. The van der Waals surface area contributed by atoms with Gasteiger partial charge in [-0.3, -0.25) is 19.0 Å². The molecule has 1 aliphatic carbocycles. The fourth-order valence-electron chi connectivity index (χ4n) is 4.64. The van der Waals surface area contributed by atoms with E-state index in [1.807, 2.05) is 57.2 Å². The van der Waals surface area contributed by atoms with E-state index < -0.39 is 29.0 Å². The van der Waals surface area contributed by atoms with Crippen molar-refractivity contribution < 1.29 is 19.1 Å². The van der Waals surface area contributed by atoms with Crippen LogP contribution in [0.1, 0.15) is 85.3 Å². The topological polar surface area (TPSA) is 107 Å². The number of Topliss-reactive ketones (excluding diaryl/α,β-unsaturated/α-hetero) is 1. The highest BCUT2D eigenvalue weighted by molar-refractivity contribution is 6.07. The maximum Gasteiger partial charge on any atom is 0.339 e. The Morgan fingerprint density at radius 1 is 1.05 bits per heavy atom. The number of nitrogens with one attached hydrogen (secondary N) is 1. The highest BCUT2D eigenvalue weighted by Crippen LogP contribution is 2.26. The van der Waals surface area contributed by atoms with Gasteiger partial charge in [-0.2, -0.15) is 0 Å². The van der Waals surface area contributed by atoms with Crippen molar-refractivity contribution in [3.8, 4) is 11.1 Å². The zero-order valence-corrected chi connectivity index (χ0v) is 23.6. The molecule has 40 heavy (non-hydrogen) atoms. The molecule has 1 aliphatic rings. The third-order valence-electron chi connectivity index (χ3n) is 6.52. The van der Waals surface area contributed by atoms with Gasteiger partial charge in [0.25, 0.3) is 5.56 Å². The van der Waals surface area contributed by atoms with Crippen molar-refractivity contribution in [3.63, 3.8) is 0 Å². The van der Waals surface area contributed by atoms with E-state index in [1.165, 1.54) is 6.92 Å². The van der Waals surface area contributed by atoms with E-state index in [4.69, 9.17) is 4.74 Å². The second-order valence-corrected chi connectivity index (χ2v) is 10.9. The lowest BCUT2D eigenvalue weighted by molar-refractivity contribution is -0.119. The van der Waals surface area contributed by atoms with Gasteiger partial charge in [0.05, 0.1) is 17.8 Å². The number of carbonyl (C=O) groups is 3. The summed E-state index contributed by atoms with van der Waals surface area (Å²) in [6.07, 6.45) is 5.57. The smallest absolute Gasteiger partial charge is 0.339 e. The molecule has 3 aromatic rings. The van der Waals surface area contributed by atoms with Crippen LogP contribution in [0.2, 0.25) is 0 Å². The minimum Gasteiger partial charge on any atom is -0.456 e. The Hall–Kier alpha value is -4.33. The number of unbranched alkanes of at least 4 members (excludes halogenated alkanes) is 1. The van der Waals surface area contributed by atoms with Crippen LogP contribution in [0.5, 0.6) is 0 Å². The standard InChI is InChI=1S/C32H35N3O5/c1-6-7-12-27-34-25-17-18-26(33-20(2)36)29(37)28(25)30(38)35(27)19-21-13-15-22(16-14-21)23-10-8-9-11-24(23)31(39)40-32(3,4)5/h8-11,13-18,26H,6-7,12,19H2,1-5H3,(H,33,36). The third kappa shape index (κ3) is 6.45. The molecule has 208 valence electrons. The van der Waals surface area contributed by atoms with Gasteiger partial charge in [0.15, 0.2) is 5.78 Å². The SMILES string of the molecule is CCCCc1nc2c(c(=O)n1Cc1ccc(-c3ccccc3C(=O)OC(C)(C)C)cc1)C(=O)C(NC(C)=O)C=C2. The molecule has 2 aromatic carbocycles. The summed E-state index contributed by atoms with van der Waals surface area (Å²) in [6, 6.07) is 14.0. The molecule has 8 nitrogen and oxygen atoms in total. The predicted octanol–water partition coefficient (Wildman–Crippen LogP) is 4.97. The van der Waals surface area contributed by atoms with E-state index >= 15 is 0 Å². The van der Waals surface area contributed by atoms with E-state index in [9.17, 15) is 19.2 Å². The molecule has 1 N–H and O–H groups in total. The number of hydrogen-bond donors (Lipinski definition) is 1. The van der Waals surface area contributed by atoms with Gasteiger partial charge in [0.2, 0.25) is 5.91 Å². The molecule has 0 saturated heterocycles. The van der Waals surface area contributed by atoms with E-state index in [-0.39, 0.29) is 18.0 Å². The molecule has 1 unspecified atom stereocenters. The minimum atomic E-state index is -0.890. The number of ether oxygens (including phenoxy) is 1. The van der Waals surface area contributed by atoms with Crippen molar-refractivity contribution in [2.45, 2.75) is 72.1 Å². The first-order valence-electron chi connectivity index (χ1n) is 13.5. The summed E-state index contributed by atoms with van der Waals surface area (Å²) in [5.41, 5.74) is 2.21. The van der Waals surface area contributed by atoms with Crippen LogP contribution >= 0.6 is 0 Å². The second-order valence-electron chi connectivity index (χ2n) is 10.9. The Morgan fingerprint density at radius 3 is 2.40 bits per heavy atom. The summed E-state index contributed by atoms with van der Waals surface area (Å²) < 4.78 is 7.15. The highest BCUT2D eigenvalue weighted by atomic mass is 16.6.